The minimum absolute atomic E-state index is 0.123. The lowest BCUT2D eigenvalue weighted by Gasteiger charge is -2.00. The molecular weight excluding hydrogens is 270 g/mol. The van der Waals surface area contributed by atoms with Crippen molar-refractivity contribution in [3.8, 4) is 0 Å². The van der Waals surface area contributed by atoms with Crippen LogP contribution in [0.4, 0.5) is 5.13 Å². The van der Waals surface area contributed by atoms with E-state index in [0.717, 1.165) is 16.2 Å². The SMILES string of the molecule is Nc1nnc(S(=O)(=O)NCc2cncs2)s1. The Balaban J connectivity index is 2.09. The summed E-state index contributed by atoms with van der Waals surface area (Å²) in [4.78, 5) is 4.66. The highest BCUT2D eigenvalue weighted by molar-refractivity contribution is 7.91. The fraction of sp³-hybridized carbons (Fsp3) is 0.167. The third-order valence-electron chi connectivity index (χ3n) is 1.57. The van der Waals surface area contributed by atoms with Crippen LogP contribution in [-0.4, -0.2) is 23.6 Å². The van der Waals surface area contributed by atoms with Crippen LogP contribution in [0, 0.1) is 0 Å². The van der Waals surface area contributed by atoms with E-state index in [9.17, 15) is 8.42 Å². The van der Waals surface area contributed by atoms with Gasteiger partial charge < -0.3 is 5.73 Å². The molecule has 0 saturated carbocycles. The molecule has 2 aromatic rings. The summed E-state index contributed by atoms with van der Waals surface area (Å²) >= 11 is 2.19. The second-order valence-corrected chi connectivity index (χ2v) is 6.62. The number of rotatable bonds is 4. The normalized spacial score (nSPS) is 11.8. The molecule has 0 atom stereocenters. The summed E-state index contributed by atoms with van der Waals surface area (Å²) in [5, 5.41) is 7.04. The van der Waals surface area contributed by atoms with Gasteiger partial charge in [0.25, 0.3) is 10.0 Å². The Morgan fingerprint density at radius 1 is 1.44 bits per heavy atom. The number of sulfonamides is 1. The molecule has 0 saturated heterocycles. The minimum atomic E-state index is -3.62. The number of thiazole rings is 1. The van der Waals surface area contributed by atoms with Gasteiger partial charge in [-0.05, 0) is 0 Å². The number of aromatic nitrogens is 3. The highest BCUT2D eigenvalue weighted by Crippen LogP contribution is 2.17. The van der Waals surface area contributed by atoms with Gasteiger partial charge in [0.15, 0.2) is 0 Å². The lowest BCUT2D eigenvalue weighted by molar-refractivity contribution is 0.579. The van der Waals surface area contributed by atoms with E-state index in [1.54, 1.807) is 11.7 Å². The molecule has 0 bridgehead atoms. The molecule has 0 radical (unpaired) electrons. The first kappa shape index (κ1) is 11.4. The number of nitrogen functional groups attached to an aromatic ring is 1. The molecule has 0 aliphatic heterocycles. The Hall–Kier alpha value is -1.10. The Morgan fingerprint density at radius 2 is 2.25 bits per heavy atom. The van der Waals surface area contributed by atoms with E-state index in [-0.39, 0.29) is 16.0 Å². The Morgan fingerprint density at radius 3 is 2.81 bits per heavy atom. The summed E-state index contributed by atoms with van der Waals surface area (Å²) in [5.41, 5.74) is 6.94. The van der Waals surface area contributed by atoms with Crippen molar-refractivity contribution < 1.29 is 8.42 Å². The molecule has 2 aromatic heterocycles. The van der Waals surface area contributed by atoms with E-state index in [2.05, 4.69) is 19.9 Å². The van der Waals surface area contributed by atoms with Gasteiger partial charge in [0, 0.05) is 17.6 Å². The van der Waals surface area contributed by atoms with E-state index in [4.69, 9.17) is 5.73 Å². The van der Waals surface area contributed by atoms with Gasteiger partial charge in [-0.15, -0.1) is 21.5 Å². The van der Waals surface area contributed by atoms with Crippen molar-refractivity contribution in [1.29, 1.82) is 0 Å². The quantitative estimate of drug-likeness (QED) is 0.817. The van der Waals surface area contributed by atoms with Gasteiger partial charge in [-0.1, -0.05) is 11.3 Å². The first-order valence-corrected chi connectivity index (χ1v) is 7.22. The maximum atomic E-state index is 11.7. The number of nitrogens with one attached hydrogen (secondary N) is 1. The van der Waals surface area contributed by atoms with Crippen LogP contribution in [0.2, 0.25) is 0 Å². The number of anilines is 1. The smallest absolute Gasteiger partial charge is 0.270 e. The average Bonchev–Trinajstić information content (AvgIpc) is 2.85. The molecular formula is C6H7N5O2S3. The van der Waals surface area contributed by atoms with Crippen molar-refractivity contribution in [3.05, 3.63) is 16.6 Å². The van der Waals surface area contributed by atoms with Gasteiger partial charge >= 0.3 is 0 Å². The summed E-state index contributed by atoms with van der Waals surface area (Å²) in [6.45, 7) is 0.187. The van der Waals surface area contributed by atoms with Gasteiger partial charge in [-0.3, -0.25) is 4.98 Å². The van der Waals surface area contributed by atoms with Gasteiger partial charge in [-0.25, -0.2) is 13.1 Å². The van der Waals surface area contributed by atoms with Crippen molar-refractivity contribution in [2.75, 3.05) is 5.73 Å². The summed E-state index contributed by atoms with van der Waals surface area (Å²) in [6, 6.07) is 0. The van der Waals surface area contributed by atoms with Crippen LogP contribution in [0.5, 0.6) is 0 Å². The molecule has 0 amide bonds. The Labute approximate surface area is 99.4 Å². The van der Waals surface area contributed by atoms with Gasteiger partial charge in [0.05, 0.1) is 5.51 Å². The molecule has 2 rings (SSSR count). The first-order valence-electron chi connectivity index (χ1n) is 4.04. The zero-order valence-corrected chi connectivity index (χ0v) is 10.3. The molecule has 86 valence electrons. The van der Waals surface area contributed by atoms with E-state index in [1.165, 1.54) is 11.3 Å². The molecule has 0 aromatic carbocycles. The topological polar surface area (TPSA) is 111 Å². The molecule has 0 aliphatic rings. The largest absolute Gasteiger partial charge is 0.374 e. The van der Waals surface area contributed by atoms with Crippen LogP contribution < -0.4 is 10.5 Å². The monoisotopic (exact) mass is 277 g/mol. The molecule has 0 unspecified atom stereocenters. The highest BCUT2D eigenvalue weighted by atomic mass is 32.2. The van der Waals surface area contributed by atoms with Crippen molar-refractivity contribution in [1.82, 2.24) is 19.9 Å². The average molecular weight is 277 g/mol. The second-order valence-electron chi connectivity index (χ2n) is 2.70. The van der Waals surface area contributed by atoms with Crippen molar-refractivity contribution in [3.63, 3.8) is 0 Å². The van der Waals surface area contributed by atoms with E-state index < -0.39 is 10.0 Å². The summed E-state index contributed by atoms with van der Waals surface area (Å²) < 4.78 is 25.6. The minimum Gasteiger partial charge on any atom is -0.374 e. The van der Waals surface area contributed by atoms with Crippen LogP contribution in [0.15, 0.2) is 16.0 Å². The fourth-order valence-corrected chi connectivity index (χ4v) is 3.34. The lowest BCUT2D eigenvalue weighted by Crippen LogP contribution is -2.22. The van der Waals surface area contributed by atoms with E-state index >= 15 is 0 Å². The van der Waals surface area contributed by atoms with E-state index in [0.29, 0.717) is 0 Å². The van der Waals surface area contributed by atoms with Crippen LogP contribution >= 0.6 is 22.7 Å². The predicted octanol–water partition coefficient (Wildman–Crippen LogP) is 0.0553. The van der Waals surface area contributed by atoms with Gasteiger partial charge in [-0.2, -0.15) is 0 Å². The summed E-state index contributed by atoms with van der Waals surface area (Å²) in [6.07, 6.45) is 1.60. The number of hydrogen-bond donors (Lipinski definition) is 2. The van der Waals surface area contributed by atoms with Crippen LogP contribution in [0.1, 0.15) is 4.88 Å². The third kappa shape index (κ3) is 2.52. The maximum absolute atomic E-state index is 11.7. The van der Waals surface area contributed by atoms with Crippen LogP contribution in [0.25, 0.3) is 0 Å². The van der Waals surface area contributed by atoms with Crippen molar-refractivity contribution in [2.45, 2.75) is 10.9 Å². The third-order valence-corrected chi connectivity index (χ3v) is 4.87. The Kier molecular flexibility index (Phi) is 3.14. The zero-order valence-electron chi connectivity index (χ0n) is 7.82. The van der Waals surface area contributed by atoms with Gasteiger partial charge in [0.1, 0.15) is 0 Å². The molecule has 3 N–H and O–H groups in total. The number of nitrogens with two attached hydrogens (primary N) is 1. The molecule has 0 fully saturated rings. The van der Waals surface area contributed by atoms with Crippen LogP contribution in [0.3, 0.4) is 0 Å². The van der Waals surface area contributed by atoms with Gasteiger partial charge in [0.2, 0.25) is 9.47 Å². The van der Waals surface area contributed by atoms with E-state index in [1.807, 2.05) is 0 Å². The van der Waals surface area contributed by atoms with Crippen molar-refractivity contribution >= 4 is 37.8 Å². The maximum Gasteiger partial charge on any atom is 0.270 e. The first-order chi connectivity index (χ1) is 7.58. The fourth-order valence-electron chi connectivity index (χ4n) is 0.886. The number of nitrogens with zero attached hydrogens (tertiary/aromatic N) is 3. The molecule has 0 aliphatic carbocycles. The molecule has 10 heteroatoms. The van der Waals surface area contributed by atoms with Crippen LogP contribution in [-0.2, 0) is 16.6 Å². The highest BCUT2D eigenvalue weighted by Gasteiger charge is 2.19. The number of hydrogen-bond acceptors (Lipinski definition) is 8. The standard InChI is InChI=1S/C6H7N5O2S3/c7-5-10-11-6(15-5)16(12,13)9-2-4-1-8-3-14-4/h1,3,9H,2H2,(H2,7,10). The molecule has 0 spiro atoms. The van der Waals surface area contributed by atoms with Crippen molar-refractivity contribution in [2.24, 2.45) is 0 Å². The molecule has 7 nitrogen and oxygen atoms in total. The summed E-state index contributed by atoms with van der Waals surface area (Å²) in [5.74, 6) is 0. The Bertz CT molecular complexity index is 561. The zero-order chi connectivity index (χ0) is 11.6. The molecule has 2 heterocycles. The predicted molar refractivity (Wildman–Crippen MR) is 60.5 cm³/mol. The second kappa shape index (κ2) is 4.41. The molecule has 16 heavy (non-hydrogen) atoms. The summed E-state index contributed by atoms with van der Waals surface area (Å²) in [7, 11) is -3.62. The lowest BCUT2D eigenvalue weighted by atomic mass is 10.6.